The van der Waals surface area contributed by atoms with E-state index in [1.54, 1.807) is 37.5 Å². The Labute approximate surface area is 135 Å². The fraction of sp³-hybridized carbons (Fsp3) is 0.333. The van der Waals surface area contributed by atoms with Crippen LogP contribution in [0.15, 0.2) is 47.1 Å². The van der Waals surface area contributed by atoms with Gasteiger partial charge in [0.15, 0.2) is 6.61 Å². The maximum absolute atomic E-state index is 11.9. The summed E-state index contributed by atoms with van der Waals surface area (Å²) < 4.78 is 10.2. The topological polar surface area (TPSA) is 68.5 Å². The highest BCUT2D eigenvalue weighted by atomic mass is 16.5. The van der Waals surface area contributed by atoms with Crippen molar-refractivity contribution in [1.29, 1.82) is 0 Å². The van der Waals surface area contributed by atoms with E-state index in [4.69, 9.17) is 9.15 Å². The predicted octanol–water partition coefficient (Wildman–Crippen LogP) is 3.44. The number of carbonyl (C=O) groups excluding carboxylic acids is 2. The molecule has 1 heterocycles. The van der Waals surface area contributed by atoms with Gasteiger partial charge in [-0.3, -0.25) is 4.79 Å². The molecule has 5 nitrogen and oxygen atoms in total. The van der Waals surface area contributed by atoms with E-state index in [9.17, 15) is 9.59 Å². The van der Waals surface area contributed by atoms with Gasteiger partial charge in [0.2, 0.25) is 0 Å². The molecule has 1 aromatic heterocycles. The van der Waals surface area contributed by atoms with Crippen molar-refractivity contribution in [2.24, 2.45) is 0 Å². The zero-order chi connectivity index (χ0) is 16.8. The first-order valence-electron chi connectivity index (χ1n) is 7.57. The minimum absolute atomic E-state index is 0.276. The number of benzene rings is 1. The highest BCUT2D eigenvalue weighted by Gasteiger charge is 2.14. The summed E-state index contributed by atoms with van der Waals surface area (Å²) in [7, 11) is 0. The van der Waals surface area contributed by atoms with Crippen LogP contribution in [0.2, 0.25) is 0 Å². The lowest BCUT2D eigenvalue weighted by atomic mass is 10.0. The van der Waals surface area contributed by atoms with E-state index in [0.717, 1.165) is 5.56 Å². The molecule has 1 aromatic carbocycles. The highest BCUT2D eigenvalue weighted by Crippen LogP contribution is 2.15. The van der Waals surface area contributed by atoms with Gasteiger partial charge in [-0.25, -0.2) is 4.79 Å². The van der Waals surface area contributed by atoms with Crippen LogP contribution in [0.5, 0.6) is 0 Å². The summed E-state index contributed by atoms with van der Waals surface area (Å²) in [5.41, 5.74) is 1.58. The van der Waals surface area contributed by atoms with Gasteiger partial charge in [-0.15, -0.1) is 0 Å². The van der Waals surface area contributed by atoms with Crippen molar-refractivity contribution >= 4 is 11.9 Å². The fourth-order valence-corrected chi connectivity index (χ4v) is 2.11. The molecular formula is C18H21NO4. The van der Waals surface area contributed by atoms with E-state index in [1.165, 1.54) is 0 Å². The largest absolute Gasteiger partial charge is 0.467 e. The average Bonchev–Trinajstić information content (AvgIpc) is 3.07. The van der Waals surface area contributed by atoms with Gasteiger partial charge in [-0.1, -0.05) is 26.0 Å². The summed E-state index contributed by atoms with van der Waals surface area (Å²) in [6, 6.07) is 10.4. The van der Waals surface area contributed by atoms with Gasteiger partial charge < -0.3 is 14.5 Å². The molecule has 0 fully saturated rings. The Morgan fingerprint density at radius 1 is 1.13 bits per heavy atom. The molecule has 0 unspecified atom stereocenters. The lowest BCUT2D eigenvalue weighted by Crippen LogP contribution is -2.30. The normalized spacial score (nSPS) is 12.0. The molecule has 23 heavy (non-hydrogen) atoms. The van der Waals surface area contributed by atoms with Crippen LogP contribution in [0, 0.1) is 0 Å². The number of furan rings is 1. The number of hydrogen-bond donors (Lipinski definition) is 1. The summed E-state index contributed by atoms with van der Waals surface area (Å²) in [4.78, 5) is 23.7. The molecule has 0 bridgehead atoms. The second kappa shape index (κ2) is 7.63. The molecule has 2 rings (SSSR count). The van der Waals surface area contributed by atoms with Crippen LogP contribution >= 0.6 is 0 Å². The first-order chi connectivity index (χ1) is 11.0. The van der Waals surface area contributed by atoms with E-state index in [0.29, 0.717) is 17.2 Å². The number of rotatable bonds is 6. The fourth-order valence-electron chi connectivity index (χ4n) is 2.11. The van der Waals surface area contributed by atoms with Gasteiger partial charge in [-0.05, 0) is 42.7 Å². The standard InChI is InChI=1S/C18H21NO4/c1-12(2)14-6-8-15(9-7-14)18(21)23-11-17(20)19-13(3)16-5-4-10-22-16/h4-10,12-13H,11H2,1-3H3,(H,19,20)/t13-/m1/s1. The average molecular weight is 315 g/mol. The SMILES string of the molecule is CC(C)c1ccc(C(=O)OCC(=O)N[C@H](C)c2ccco2)cc1. The Morgan fingerprint density at radius 3 is 2.39 bits per heavy atom. The molecule has 0 spiro atoms. The van der Waals surface area contributed by atoms with E-state index >= 15 is 0 Å². The summed E-state index contributed by atoms with van der Waals surface area (Å²) in [6.45, 7) is 5.63. The lowest BCUT2D eigenvalue weighted by Gasteiger charge is -2.12. The zero-order valence-corrected chi connectivity index (χ0v) is 13.5. The Bertz CT molecular complexity index is 644. The second-order valence-electron chi connectivity index (χ2n) is 5.66. The van der Waals surface area contributed by atoms with E-state index in [1.807, 2.05) is 12.1 Å². The Hall–Kier alpha value is -2.56. The third-order valence-electron chi connectivity index (χ3n) is 3.49. The molecule has 1 N–H and O–H groups in total. The lowest BCUT2D eigenvalue weighted by molar-refractivity contribution is -0.125. The Balaban J connectivity index is 1.82. The highest BCUT2D eigenvalue weighted by molar-refractivity contribution is 5.91. The van der Waals surface area contributed by atoms with Crippen molar-refractivity contribution in [3.63, 3.8) is 0 Å². The van der Waals surface area contributed by atoms with Crippen LogP contribution in [0.4, 0.5) is 0 Å². The molecule has 0 aliphatic rings. The summed E-state index contributed by atoms with van der Waals surface area (Å²) >= 11 is 0. The van der Waals surface area contributed by atoms with Gasteiger partial charge in [0.1, 0.15) is 5.76 Å². The van der Waals surface area contributed by atoms with Crippen molar-refractivity contribution in [3.05, 3.63) is 59.5 Å². The molecule has 0 saturated heterocycles. The van der Waals surface area contributed by atoms with Gasteiger partial charge in [0.05, 0.1) is 17.9 Å². The monoisotopic (exact) mass is 315 g/mol. The quantitative estimate of drug-likeness (QED) is 0.829. The van der Waals surface area contributed by atoms with Crippen molar-refractivity contribution in [2.45, 2.75) is 32.7 Å². The van der Waals surface area contributed by atoms with Crippen LogP contribution in [-0.4, -0.2) is 18.5 Å². The number of nitrogens with one attached hydrogen (secondary N) is 1. The zero-order valence-electron chi connectivity index (χ0n) is 13.5. The number of hydrogen-bond acceptors (Lipinski definition) is 4. The van der Waals surface area contributed by atoms with Crippen molar-refractivity contribution < 1.29 is 18.7 Å². The van der Waals surface area contributed by atoms with Gasteiger partial charge in [0.25, 0.3) is 5.91 Å². The molecule has 0 saturated carbocycles. The number of amides is 1. The van der Waals surface area contributed by atoms with Gasteiger partial charge in [0, 0.05) is 0 Å². The molecule has 0 aliphatic carbocycles. The van der Waals surface area contributed by atoms with Gasteiger partial charge >= 0.3 is 5.97 Å². The van der Waals surface area contributed by atoms with Crippen LogP contribution in [0.1, 0.15) is 54.4 Å². The van der Waals surface area contributed by atoms with Crippen LogP contribution < -0.4 is 5.32 Å². The van der Waals surface area contributed by atoms with E-state index < -0.39 is 5.97 Å². The van der Waals surface area contributed by atoms with Gasteiger partial charge in [-0.2, -0.15) is 0 Å². The third-order valence-corrected chi connectivity index (χ3v) is 3.49. The van der Waals surface area contributed by atoms with Crippen molar-refractivity contribution in [3.8, 4) is 0 Å². The maximum atomic E-state index is 11.9. The molecule has 5 heteroatoms. The molecular weight excluding hydrogens is 294 g/mol. The maximum Gasteiger partial charge on any atom is 0.338 e. The molecule has 122 valence electrons. The van der Waals surface area contributed by atoms with Crippen LogP contribution in [-0.2, 0) is 9.53 Å². The molecule has 2 aromatic rings. The van der Waals surface area contributed by atoms with Crippen molar-refractivity contribution in [1.82, 2.24) is 5.32 Å². The number of ether oxygens (including phenoxy) is 1. The Kier molecular flexibility index (Phi) is 5.57. The number of esters is 1. The van der Waals surface area contributed by atoms with Crippen LogP contribution in [0.3, 0.4) is 0 Å². The second-order valence-corrected chi connectivity index (χ2v) is 5.66. The Morgan fingerprint density at radius 2 is 1.83 bits per heavy atom. The summed E-state index contributed by atoms with van der Waals surface area (Å²) in [5, 5.41) is 2.70. The molecule has 0 aliphatic heterocycles. The molecule has 0 radical (unpaired) electrons. The smallest absolute Gasteiger partial charge is 0.338 e. The molecule has 1 amide bonds. The molecule has 1 atom stereocenters. The first kappa shape index (κ1) is 16.8. The summed E-state index contributed by atoms with van der Waals surface area (Å²) in [5.74, 6) is 0.157. The van der Waals surface area contributed by atoms with Crippen molar-refractivity contribution in [2.75, 3.05) is 6.61 Å². The minimum atomic E-state index is -0.513. The van der Waals surface area contributed by atoms with Crippen LogP contribution in [0.25, 0.3) is 0 Å². The van der Waals surface area contributed by atoms with E-state index in [2.05, 4.69) is 19.2 Å². The van der Waals surface area contributed by atoms with E-state index in [-0.39, 0.29) is 18.6 Å². The minimum Gasteiger partial charge on any atom is -0.467 e. The summed E-state index contributed by atoms with van der Waals surface area (Å²) in [6.07, 6.45) is 1.54. The third kappa shape index (κ3) is 4.71. The number of carbonyl (C=O) groups is 2. The predicted molar refractivity (Wildman–Crippen MR) is 86.1 cm³/mol. The first-order valence-corrected chi connectivity index (χ1v) is 7.57.